The number of ether oxygens (including phenoxy) is 2. The van der Waals surface area contributed by atoms with E-state index in [1.165, 1.54) is 17.0 Å². The smallest absolute Gasteiger partial charge is 0.322 e. The summed E-state index contributed by atoms with van der Waals surface area (Å²) in [6, 6.07) is 10.9. The molecule has 2 amide bonds. The van der Waals surface area contributed by atoms with E-state index < -0.39 is 11.8 Å². The summed E-state index contributed by atoms with van der Waals surface area (Å²) < 4.78 is 25.4. The van der Waals surface area contributed by atoms with Crippen molar-refractivity contribution in [1.29, 1.82) is 0 Å². The second-order valence-corrected chi connectivity index (χ2v) is 8.07. The van der Waals surface area contributed by atoms with Crippen LogP contribution in [0.1, 0.15) is 19.4 Å². The van der Waals surface area contributed by atoms with Gasteiger partial charge in [-0.25, -0.2) is 9.18 Å². The minimum Gasteiger partial charge on any atom is -0.486 e. The molecule has 0 unspecified atom stereocenters. The molecule has 0 spiro atoms. The average Bonchev–Trinajstić information content (AvgIpc) is 2.84. The molecular weight excluding hydrogens is 439 g/mol. The van der Waals surface area contributed by atoms with Gasteiger partial charge in [0.15, 0.2) is 11.5 Å². The Labute approximate surface area is 197 Å². The van der Waals surface area contributed by atoms with Gasteiger partial charge in [0.25, 0.3) is 5.56 Å². The number of likely N-dealkylation sites (N-methyl/N-ethyl adjacent to an activating group) is 1. The van der Waals surface area contributed by atoms with Crippen molar-refractivity contribution in [2.45, 2.75) is 20.4 Å². The van der Waals surface area contributed by atoms with Crippen LogP contribution in [0.4, 0.5) is 14.9 Å². The number of amides is 2. The minimum absolute atomic E-state index is 0.0707. The number of pyridine rings is 1. The topological polar surface area (TPSA) is 86.9 Å². The Morgan fingerprint density at radius 2 is 1.76 bits per heavy atom. The molecule has 0 fully saturated rings. The number of hydrogen-bond acceptors (Lipinski definition) is 5. The highest BCUT2D eigenvalue weighted by Crippen LogP contribution is 2.33. The quantitative estimate of drug-likeness (QED) is 0.525. The zero-order valence-corrected chi connectivity index (χ0v) is 19.4. The summed E-state index contributed by atoms with van der Waals surface area (Å²) >= 11 is 0. The molecule has 8 nitrogen and oxygen atoms in total. The number of aromatic nitrogens is 1. The van der Waals surface area contributed by atoms with E-state index in [1.54, 1.807) is 24.3 Å². The van der Waals surface area contributed by atoms with Crippen LogP contribution in [0.2, 0.25) is 0 Å². The monoisotopic (exact) mass is 468 g/mol. The average molecular weight is 469 g/mol. The molecular formula is C25H29FN4O4. The molecule has 2 aromatic carbocycles. The fourth-order valence-corrected chi connectivity index (χ4v) is 3.92. The molecule has 9 heteroatoms. The molecule has 2 N–H and O–H groups in total. The fourth-order valence-electron chi connectivity index (χ4n) is 3.92. The van der Waals surface area contributed by atoms with Gasteiger partial charge in [-0.1, -0.05) is 26.0 Å². The Bertz CT molecular complexity index is 1230. The zero-order valence-electron chi connectivity index (χ0n) is 19.4. The molecule has 0 atom stereocenters. The molecule has 180 valence electrons. The zero-order chi connectivity index (χ0) is 24.1. The van der Waals surface area contributed by atoms with E-state index >= 15 is 0 Å². The van der Waals surface area contributed by atoms with E-state index in [1.807, 2.05) is 19.9 Å². The summed E-state index contributed by atoms with van der Waals surface area (Å²) in [7, 11) is 0. The molecule has 1 aromatic heterocycles. The van der Waals surface area contributed by atoms with Crippen molar-refractivity contribution < 1.29 is 18.7 Å². The largest absolute Gasteiger partial charge is 0.486 e. The first-order valence-electron chi connectivity index (χ1n) is 11.5. The highest BCUT2D eigenvalue weighted by Gasteiger charge is 2.19. The Morgan fingerprint density at radius 3 is 2.47 bits per heavy atom. The van der Waals surface area contributed by atoms with Crippen molar-refractivity contribution in [3.05, 3.63) is 64.2 Å². The van der Waals surface area contributed by atoms with Gasteiger partial charge in [0, 0.05) is 30.1 Å². The Hall–Kier alpha value is -3.59. The SMILES string of the molecule is CCN(CC)CCN(Cc1cc2cc3c(cc2[nH]c1=O)OCCO3)C(=O)Nc1ccccc1F. The number of para-hydroxylation sites is 1. The predicted molar refractivity (Wildman–Crippen MR) is 129 cm³/mol. The summed E-state index contributed by atoms with van der Waals surface area (Å²) in [4.78, 5) is 32.6. The summed E-state index contributed by atoms with van der Waals surface area (Å²) in [5.74, 6) is 0.690. The lowest BCUT2D eigenvalue weighted by Crippen LogP contribution is -2.41. The molecule has 34 heavy (non-hydrogen) atoms. The Kier molecular flexibility index (Phi) is 7.32. The van der Waals surface area contributed by atoms with Crippen molar-refractivity contribution >= 4 is 22.6 Å². The van der Waals surface area contributed by atoms with Gasteiger partial charge in [-0.05, 0) is 37.4 Å². The number of aromatic amines is 1. The number of carbonyl (C=O) groups is 1. The first-order valence-corrected chi connectivity index (χ1v) is 11.5. The normalized spacial score (nSPS) is 12.7. The van der Waals surface area contributed by atoms with Crippen LogP contribution >= 0.6 is 0 Å². The molecule has 0 saturated carbocycles. The number of nitrogens with one attached hydrogen (secondary N) is 2. The van der Waals surface area contributed by atoms with E-state index in [4.69, 9.17) is 9.47 Å². The fraction of sp³-hybridized carbons (Fsp3) is 0.360. The third-order valence-electron chi connectivity index (χ3n) is 5.93. The van der Waals surface area contributed by atoms with Crippen molar-refractivity contribution in [2.24, 2.45) is 0 Å². The number of rotatable bonds is 8. The molecule has 0 radical (unpaired) electrons. The number of hydrogen-bond donors (Lipinski definition) is 2. The van der Waals surface area contributed by atoms with Crippen LogP contribution in [0, 0.1) is 5.82 Å². The van der Waals surface area contributed by atoms with E-state index in [2.05, 4.69) is 15.2 Å². The first-order chi connectivity index (χ1) is 16.5. The minimum atomic E-state index is -0.518. The Morgan fingerprint density at radius 1 is 1.06 bits per heavy atom. The van der Waals surface area contributed by atoms with Crippen LogP contribution < -0.4 is 20.3 Å². The van der Waals surface area contributed by atoms with Crippen molar-refractivity contribution in [3.63, 3.8) is 0 Å². The summed E-state index contributed by atoms with van der Waals surface area (Å²) in [6.45, 7) is 7.76. The van der Waals surface area contributed by atoms with Gasteiger partial charge < -0.3 is 29.6 Å². The molecule has 0 aliphatic carbocycles. The first kappa shape index (κ1) is 23.6. The molecule has 1 aliphatic heterocycles. The number of nitrogens with zero attached hydrogens (tertiary/aromatic N) is 2. The van der Waals surface area contributed by atoms with Crippen molar-refractivity contribution in [3.8, 4) is 11.5 Å². The molecule has 3 aromatic rings. The predicted octanol–water partition coefficient (Wildman–Crippen LogP) is 3.81. The van der Waals surface area contributed by atoms with Crippen molar-refractivity contribution in [1.82, 2.24) is 14.8 Å². The number of halogens is 1. The third-order valence-corrected chi connectivity index (χ3v) is 5.93. The van der Waals surface area contributed by atoms with Crippen LogP contribution in [0.25, 0.3) is 10.9 Å². The van der Waals surface area contributed by atoms with Gasteiger partial charge >= 0.3 is 6.03 Å². The number of urea groups is 1. The lowest BCUT2D eigenvalue weighted by atomic mass is 10.1. The summed E-state index contributed by atoms with van der Waals surface area (Å²) in [6.07, 6.45) is 0. The van der Waals surface area contributed by atoms with E-state index in [-0.39, 0.29) is 17.8 Å². The maximum absolute atomic E-state index is 14.1. The van der Waals surface area contributed by atoms with E-state index in [0.29, 0.717) is 48.9 Å². The standard InChI is InChI=1S/C25H29FN4O4/c1-3-29(4-2)9-10-30(25(32)28-20-8-6-5-7-19(20)26)16-18-13-17-14-22-23(34-12-11-33-22)15-21(17)27-24(18)31/h5-8,13-15H,3-4,9-12,16H2,1-2H3,(H,27,31)(H,28,32). The van der Waals surface area contributed by atoms with Crippen molar-refractivity contribution in [2.75, 3.05) is 44.7 Å². The van der Waals surface area contributed by atoms with Gasteiger partial charge in [-0.2, -0.15) is 0 Å². The number of benzene rings is 2. The number of carbonyl (C=O) groups excluding carboxylic acids is 1. The van der Waals surface area contributed by atoms with Crippen LogP contribution in [0.3, 0.4) is 0 Å². The van der Waals surface area contributed by atoms with Gasteiger partial charge in [-0.3, -0.25) is 4.79 Å². The van der Waals surface area contributed by atoms with Gasteiger partial charge in [-0.15, -0.1) is 0 Å². The maximum Gasteiger partial charge on any atom is 0.322 e. The van der Waals surface area contributed by atoms with Crippen LogP contribution in [0.15, 0.2) is 47.3 Å². The van der Waals surface area contributed by atoms with Gasteiger partial charge in [0.05, 0.1) is 17.7 Å². The number of fused-ring (bicyclic) bond motifs is 2. The molecule has 0 bridgehead atoms. The molecule has 1 aliphatic rings. The molecule has 4 rings (SSSR count). The Balaban J connectivity index is 1.61. The highest BCUT2D eigenvalue weighted by atomic mass is 19.1. The highest BCUT2D eigenvalue weighted by molar-refractivity contribution is 5.89. The summed E-state index contributed by atoms with van der Waals surface area (Å²) in [5, 5.41) is 3.41. The van der Waals surface area contributed by atoms with Crippen LogP contribution in [0.5, 0.6) is 11.5 Å². The maximum atomic E-state index is 14.1. The number of anilines is 1. The second kappa shape index (κ2) is 10.6. The van der Waals surface area contributed by atoms with E-state index in [0.717, 1.165) is 18.5 Å². The van der Waals surface area contributed by atoms with E-state index in [9.17, 15) is 14.0 Å². The lowest BCUT2D eigenvalue weighted by molar-refractivity contribution is 0.172. The third kappa shape index (κ3) is 5.31. The van der Waals surface area contributed by atoms with Gasteiger partial charge in [0.2, 0.25) is 0 Å². The lowest BCUT2D eigenvalue weighted by Gasteiger charge is -2.27. The second-order valence-electron chi connectivity index (χ2n) is 8.07. The molecule has 2 heterocycles. The van der Waals surface area contributed by atoms with Crippen LogP contribution in [-0.4, -0.2) is 60.2 Å². The summed E-state index contributed by atoms with van der Waals surface area (Å²) in [5.41, 5.74) is 0.850. The number of H-pyrrole nitrogens is 1. The van der Waals surface area contributed by atoms with Crippen LogP contribution in [-0.2, 0) is 6.54 Å². The van der Waals surface area contributed by atoms with Gasteiger partial charge in [0.1, 0.15) is 19.0 Å². The molecule has 0 saturated heterocycles.